The Bertz CT molecular complexity index is 1050. The zero-order chi connectivity index (χ0) is 23.8. The van der Waals surface area contributed by atoms with Crippen molar-refractivity contribution in [1.82, 2.24) is 4.90 Å². The molecule has 0 spiro atoms. The minimum absolute atomic E-state index is 0.00168. The van der Waals surface area contributed by atoms with Gasteiger partial charge in [-0.05, 0) is 35.4 Å². The number of carbonyl (C=O) groups is 2. The standard InChI is InChI=1S/C23H19Cl2F4NO2/c1-13(2)21(32)30-11-22(26,12-30)16-5-3-14(4-6-16)20(31)10-19(23(27,28)29)15-7-17(24)9-18(25)8-15/h3-10,13H,11-12H2,1-2H3/b19-10+. The van der Waals surface area contributed by atoms with Crippen LogP contribution in [0.1, 0.15) is 35.3 Å². The highest BCUT2D eigenvalue weighted by atomic mass is 35.5. The van der Waals surface area contributed by atoms with E-state index in [9.17, 15) is 22.8 Å². The van der Waals surface area contributed by atoms with Crippen molar-refractivity contribution in [1.29, 1.82) is 0 Å². The lowest BCUT2D eigenvalue weighted by atomic mass is 9.86. The van der Waals surface area contributed by atoms with Gasteiger partial charge in [0, 0.05) is 21.5 Å². The lowest BCUT2D eigenvalue weighted by molar-refractivity contribution is -0.149. The Hall–Kier alpha value is -2.38. The van der Waals surface area contributed by atoms with E-state index in [2.05, 4.69) is 0 Å². The number of likely N-dealkylation sites (tertiary alicyclic amines) is 1. The molecule has 1 aliphatic rings. The van der Waals surface area contributed by atoms with Crippen LogP contribution < -0.4 is 0 Å². The molecule has 0 aromatic heterocycles. The smallest absolute Gasteiger partial charge is 0.335 e. The van der Waals surface area contributed by atoms with E-state index in [1.165, 1.54) is 35.2 Å². The van der Waals surface area contributed by atoms with Gasteiger partial charge in [-0.3, -0.25) is 9.59 Å². The van der Waals surface area contributed by atoms with Crippen molar-refractivity contribution in [3.8, 4) is 0 Å². The van der Waals surface area contributed by atoms with Gasteiger partial charge in [0.1, 0.15) is 0 Å². The fourth-order valence-electron chi connectivity index (χ4n) is 3.45. The van der Waals surface area contributed by atoms with E-state index in [0.29, 0.717) is 6.08 Å². The number of allylic oxidation sites excluding steroid dienone is 2. The summed E-state index contributed by atoms with van der Waals surface area (Å²) in [6.45, 7) is 3.23. The molecule has 170 valence electrons. The predicted molar refractivity (Wildman–Crippen MR) is 115 cm³/mol. The molecule has 0 atom stereocenters. The van der Waals surface area contributed by atoms with Crippen molar-refractivity contribution in [3.05, 3.63) is 75.3 Å². The van der Waals surface area contributed by atoms with Gasteiger partial charge in [-0.15, -0.1) is 0 Å². The zero-order valence-corrected chi connectivity index (χ0v) is 18.7. The number of halogens is 6. The maximum atomic E-state index is 15.0. The number of hydrogen-bond donors (Lipinski definition) is 0. The van der Waals surface area contributed by atoms with Crippen LogP contribution in [-0.4, -0.2) is 35.9 Å². The molecule has 0 aliphatic carbocycles. The van der Waals surface area contributed by atoms with Crippen molar-refractivity contribution in [2.45, 2.75) is 25.7 Å². The molecule has 1 saturated heterocycles. The third-order valence-corrected chi connectivity index (χ3v) is 5.57. The Kier molecular flexibility index (Phi) is 6.72. The second-order valence-corrected chi connectivity index (χ2v) is 8.84. The van der Waals surface area contributed by atoms with Crippen molar-refractivity contribution >= 4 is 40.5 Å². The van der Waals surface area contributed by atoms with E-state index in [-0.39, 0.29) is 51.7 Å². The number of hydrogen-bond acceptors (Lipinski definition) is 2. The van der Waals surface area contributed by atoms with Gasteiger partial charge in [0.25, 0.3) is 0 Å². The second-order valence-electron chi connectivity index (χ2n) is 7.97. The summed E-state index contributed by atoms with van der Waals surface area (Å²) in [4.78, 5) is 25.8. The lowest BCUT2D eigenvalue weighted by Gasteiger charge is -2.45. The number of alkyl halides is 4. The number of rotatable bonds is 5. The van der Waals surface area contributed by atoms with E-state index < -0.39 is 23.2 Å². The van der Waals surface area contributed by atoms with Gasteiger partial charge < -0.3 is 4.90 Å². The number of nitrogens with zero attached hydrogens (tertiary/aromatic N) is 1. The summed E-state index contributed by atoms with van der Waals surface area (Å²) in [5, 5.41) is -0.00336. The Morgan fingerprint density at radius 3 is 2.00 bits per heavy atom. The summed E-state index contributed by atoms with van der Waals surface area (Å²) in [7, 11) is 0. The van der Waals surface area contributed by atoms with Gasteiger partial charge in [-0.25, -0.2) is 4.39 Å². The Morgan fingerprint density at radius 1 is 1.00 bits per heavy atom. The minimum Gasteiger partial charge on any atom is -0.335 e. The fraction of sp³-hybridized carbons (Fsp3) is 0.304. The van der Waals surface area contributed by atoms with Gasteiger partial charge >= 0.3 is 6.18 Å². The molecule has 0 unspecified atom stereocenters. The molecule has 3 rings (SSSR count). The maximum Gasteiger partial charge on any atom is 0.417 e. The van der Waals surface area contributed by atoms with Gasteiger partial charge in [0.2, 0.25) is 5.91 Å². The molecule has 1 heterocycles. The summed E-state index contributed by atoms with van der Waals surface area (Å²) in [6.07, 6.45) is -4.36. The highest BCUT2D eigenvalue weighted by Crippen LogP contribution is 2.38. The summed E-state index contributed by atoms with van der Waals surface area (Å²) >= 11 is 11.6. The number of ketones is 1. The SMILES string of the molecule is CC(C)C(=O)N1CC(F)(c2ccc(C(=O)/C=C(\c3cc(Cl)cc(Cl)c3)C(F)(F)F)cc2)C1. The van der Waals surface area contributed by atoms with Crippen LogP contribution >= 0.6 is 23.2 Å². The van der Waals surface area contributed by atoms with E-state index >= 15 is 4.39 Å². The molecule has 0 bridgehead atoms. The quantitative estimate of drug-likeness (QED) is 0.274. The first kappa shape index (κ1) is 24.3. The van der Waals surface area contributed by atoms with E-state index in [1.54, 1.807) is 13.8 Å². The molecule has 1 amide bonds. The number of amides is 1. The zero-order valence-electron chi connectivity index (χ0n) is 17.1. The first-order valence-electron chi connectivity index (χ1n) is 9.68. The first-order valence-corrected chi connectivity index (χ1v) is 10.4. The molecule has 9 heteroatoms. The maximum absolute atomic E-state index is 15.0. The Morgan fingerprint density at radius 2 is 1.53 bits per heavy atom. The van der Waals surface area contributed by atoms with Crippen molar-refractivity contribution in [2.24, 2.45) is 5.92 Å². The molecule has 2 aromatic rings. The number of benzene rings is 2. The number of carbonyl (C=O) groups excluding carboxylic acids is 2. The molecule has 0 saturated carbocycles. The molecule has 1 aliphatic heterocycles. The highest BCUT2D eigenvalue weighted by molar-refractivity contribution is 6.35. The van der Waals surface area contributed by atoms with E-state index in [1.807, 2.05) is 0 Å². The molecule has 0 radical (unpaired) electrons. The molecule has 2 aromatic carbocycles. The third-order valence-electron chi connectivity index (χ3n) is 5.13. The molecule has 32 heavy (non-hydrogen) atoms. The van der Waals surface area contributed by atoms with Crippen LogP contribution in [0, 0.1) is 5.92 Å². The van der Waals surface area contributed by atoms with Gasteiger partial charge in [0.15, 0.2) is 11.5 Å². The second kappa shape index (κ2) is 8.87. The van der Waals surface area contributed by atoms with Crippen LogP contribution in [0.25, 0.3) is 5.57 Å². The first-order chi connectivity index (χ1) is 14.8. The predicted octanol–water partition coefficient (Wildman–Crippen LogP) is 6.49. The molecule has 0 N–H and O–H groups in total. The summed E-state index contributed by atoms with van der Waals surface area (Å²) in [5.41, 5.74) is -3.08. The molecule has 1 fully saturated rings. The molecular weight excluding hydrogens is 469 g/mol. The average molecular weight is 488 g/mol. The minimum atomic E-state index is -4.83. The van der Waals surface area contributed by atoms with Crippen molar-refractivity contribution in [3.63, 3.8) is 0 Å². The van der Waals surface area contributed by atoms with Gasteiger partial charge in [-0.1, -0.05) is 61.3 Å². The normalized spacial score (nSPS) is 16.2. The lowest BCUT2D eigenvalue weighted by Crippen LogP contribution is -2.59. The van der Waals surface area contributed by atoms with Crippen molar-refractivity contribution in [2.75, 3.05) is 13.1 Å². The van der Waals surface area contributed by atoms with Crippen LogP contribution in [0.2, 0.25) is 10.0 Å². The molecule has 3 nitrogen and oxygen atoms in total. The topological polar surface area (TPSA) is 37.4 Å². The van der Waals surface area contributed by atoms with Crippen LogP contribution in [0.15, 0.2) is 48.5 Å². The van der Waals surface area contributed by atoms with E-state index in [4.69, 9.17) is 23.2 Å². The fourth-order valence-corrected chi connectivity index (χ4v) is 3.97. The average Bonchev–Trinajstić information content (AvgIpc) is 2.67. The molecular formula is C23H19Cl2F4NO2. The largest absolute Gasteiger partial charge is 0.417 e. The third kappa shape index (κ3) is 5.15. The highest BCUT2D eigenvalue weighted by Gasteiger charge is 2.47. The Balaban J connectivity index is 1.83. The summed E-state index contributed by atoms with van der Waals surface area (Å²) < 4.78 is 55.8. The van der Waals surface area contributed by atoms with Crippen LogP contribution in [0.3, 0.4) is 0 Å². The van der Waals surface area contributed by atoms with Gasteiger partial charge in [-0.2, -0.15) is 13.2 Å². The van der Waals surface area contributed by atoms with Crippen LogP contribution in [-0.2, 0) is 10.5 Å². The monoisotopic (exact) mass is 487 g/mol. The van der Waals surface area contributed by atoms with Crippen LogP contribution in [0.5, 0.6) is 0 Å². The summed E-state index contributed by atoms with van der Waals surface area (Å²) in [6, 6.07) is 8.64. The van der Waals surface area contributed by atoms with Crippen molar-refractivity contribution < 1.29 is 27.2 Å². The van der Waals surface area contributed by atoms with E-state index in [0.717, 1.165) is 12.1 Å². The summed E-state index contributed by atoms with van der Waals surface area (Å²) in [5.74, 6) is -1.31. The van der Waals surface area contributed by atoms with Gasteiger partial charge in [0.05, 0.1) is 18.7 Å². The Labute approximate surface area is 192 Å². The van der Waals surface area contributed by atoms with Crippen LogP contribution in [0.4, 0.5) is 17.6 Å².